The van der Waals surface area contributed by atoms with E-state index in [1.54, 1.807) is 6.92 Å². The van der Waals surface area contributed by atoms with Crippen LogP contribution in [0.3, 0.4) is 0 Å². The molecule has 0 rings (SSSR count). The Morgan fingerprint density at radius 1 is 1.56 bits per heavy atom. The quantitative estimate of drug-likeness (QED) is 0.327. The minimum Gasteiger partial charge on any atom is -0.478 e. The van der Waals surface area contributed by atoms with Crippen LogP contribution in [0.5, 0.6) is 0 Å². The molecule has 96 valence electrons. The van der Waals surface area contributed by atoms with Crippen molar-refractivity contribution < 1.29 is 29.6 Å². The van der Waals surface area contributed by atoms with Gasteiger partial charge in [0.15, 0.2) is 5.79 Å². The first kappa shape index (κ1) is 17.4. The highest BCUT2D eigenvalue weighted by atomic mass is 16.6. The molecule has 6 heteroatoms. The van der Waals surface area contributed by atoms with E-state index in [1.165, 1.54) is 6.92 Å². The first-order valence-corrected chi connectivity index (χ1v) is 4.80. The lowest BCUT2D eigenvalue weighted by Gasteiger charge is -2.22. The topological polar surface area (TPSA) is 96.2 Å². The van der Waals surface area contributed by atoms with Crippen LogP contribution >= 0.6 is 0 Å². The van der Waals surface area contributed by atoms with E-state index in [0.29, 0.717) is 6.61 Å². The molecule has 0 fully saturated rings. The molecule has 0 aliphatic heterocycles. The van der Waals surface area contributed by atoms with Crippen LogP contribution in [0.1, 0.15) is 13.8 Å². The van der Waals surface area contributed by atoms with Crippen LogP contribution in [0.15, 0.2) is 12.7 Å². The highest BCUT2D eigenvalue weighted by Crippen LogP contribution is 2.04. The summed E-state index contributed by atoms with van der Waals surface area (Å²) in [6.45, 7) is 6.99. The SMILES string of the molecule is C=CC(=O)O.CCOC(C)(O)COCCO. The van der Waals surface area contributed by atoms with Gasteiger partial charge in [-0.1, -0.05) is 6.58 Å². The maximum absolute atomic E-state index is 9.31. The van der Waals surface area contributed by atoms with Gasteiger partial charge >= 0.3 is 5.97 Å². The Kier molecular flexibility index (Phi) is 11.5. The number of carboxylic acid groups (broad SMARTS) is 1. The summed E-state index contributed by atoms with van der Waals surface area (Å²) >= 11 is 0. The zero-order valence-electron chi connectivity index (χ0n) is 9.68. The number of carbonyl (C=O) groups is 1. The molecule has 1 unspecified atom stereocenters. The predicted molar refractivity (Wildman–Crippen MR) is 58.0 cm³/mol. The Balaban J connectivity index is 0. The third-order valence-electron chi connectivity index (χ3n) is 1.24. The van der Waals surface area contributed by atoms with Crippen LogP contribution < -0.4 is 0 Å². The van der Waals surface area contributed by atoms with Crippen LogP contribution in [-0.4, -0.2) is 53.5 Å². The largest absolute Gasteiger partial charge is 0.478 e. The standard InChI is InChI=1S/C7H16O4.C3H4O2/c1-3-11-7(2,9)6-10-5-4-8;1-2-3(4)5/h8-9H,3-6H2,1-2H3;2H,1H2,(H,4,5). The predicted octanol–water partition coefficient (Wildman–Crippen LogP) is -0.00270. The molecule has 6 nitrogen and oxygen atoms in total. The minimum absolute atomic E-state index is 0.0395. The smallest absolute Gasteiger partial charge is 0.327 e. The number of aliphatic hydroxyl groups is 2. The second kappa shape index (κ2) is 10.6. The molecular formula is C10H20O6. The van der Waals surface area contributed by atoms with Gasteiger partial charge in [-0.25, -0.2) is 4.79 Å². The number of ether oxygens (including phenoxy) is 2. The fourth-order valence-corrected chi connectivity index (χ4v) is 0.679. The molecule has 0 aromatic rings. The fourth-order valence-electron chi connectivity index (χ4n) is 0.679. The molecule has 0 aromatic heterocycles. The number of aliphatic hydroxyl groups excluding tert-OH is 1. The molecule has 0 heterocycles. The van der Waals surface area contributed by atoms with Crippen molar-refractivity contribution in [2.24, 2.45) is 0 Å². The molecule has 0 spiro atoms. The van der Waals surface area contributed by atoms with Gasteiger partial charge in [0, 0.05) is 12.7 Å². The highest BCUT2D eigenvalue weighted by Gasteiger charge is 2.19. The van der Waals surface area contributed by atoms with Crippen LogP contribution in [-0.2, 0) is 14.3 Å². The second-order valence-corrected chi connectivity index (χ2v) is 2.93. The van der Waals surface area contributed by atoms with Gasteiger partial charge < -0.3 is 24.8 Å². The van der Waals surface area contributed by atoms with Gasteiger partial charge in [0.1, 0.15) is 6.61 Å². The summed E-state index contributed by atoms with van der Waals surface area (Å²) in [5.74, 6) is -2.21. The number of hydrogen-bond acceptors (Lipinski definition) is 5. The highest BCUT2D eigenvalue weighted by molar-refractivity contribution is 5.78. The number of rotatable bonds is 7. The Morgan fingerprint density at radius 3 is 2.38 bits per heavy atom. The zero-order chi connectivity index (χ0) is 13.0. The van der Waals surface area contributed by atoms with E-state index in [0.717, 1.165) is 6.08 Å². The summed E-state index contributed by atoms with van der Waals surface area (Å²) in [5.41, 5.74) is 0. The first-order valence-electron chi connectivity index (χ1n) is 4.80. The summed E-state index contributed by atoms with van der Waals surface area (Å²) in [7, 11) is 0. The summed E-state index contributed by atoms with van der Waals surface area (Å²) in [6, 6.07) is 0. The molecule has 0 aliphatic carbocycles. The fraction of sp³-hybridized carbons (Fsp3) is 0.700. The minimum atomic E-state index is -1.23. The Labute approximate surface area is 95.1 Å². The third-order valence-corrected chi connectivity index (χ3v) is 1.24. The van der Waals surface area contributed by atoms with Gasteiger partial charge in [-0.3, -0.25) is 0 Å². The lowest BCUT2D eigenvalue weighted by Crippen LogP contribution is -2.34. The maximum atomic E-state index is 9.31. The molecule has 0 bridgehead atoms. The molecule has 1 atom stereocenters. The first-order chi connectivity index (χ1) is 7.39. The van der Waals surface area contributed by atoms with Crippen molar-refractivity contribution >= 4 is 5.97 Å². The Bertz CT molecular complexity index is 190. The van der Waals surface area contributed by atoms with Gasteiger partial charge in [-0.2, -0.15) is 0 Å². The van der Waals surface area contributed by atoms with Gasteiger partial charge in [0.25, 0.3) is 0 Å². The lowest BCUT2D eigenvalue weighted by atomic mass is 10.3. The van der Waals surface area contributed by atoms with E-state index < -0.39 is 11.8 Å². The maximum Gasteiger partial charge on any atom is 0.327 e. The zero-order valence-corrected chi connectivity index (χ0v) is 9.68. The molecule has 0 aromatic carbocycles. The van der Waals surface area contributed by atoms with Crippen molar-refractivity contribution in [2.45, 2.75) is 19.6 Å². The molecule has 0 amide bonds. The van der Waals surface area contributed by atoms with Gasteiger partial charge in [-0.15, -0.1) is 0 Å². The summed E-state index contributed by atoms with van der Waals surface area (Å²) < 4.78 is 9.80. The average Bonchev–Trinajstić information content (AvgIpc) is 2.18. The molecular weight excluding hydrogens is 216 g/mol. The van der Waals surface area contributed by atoms with E-state index >= 15 is 0 Å². The van der Waals surface area contributed by atoms with E-state index in [1.807, 2.05) is 0 Å². The van der Waals surface area contributed by atoms with E-state index in [-0.39, 0.29) is 19.8 Å². The molecule has 0 saturated heterocycles. The molecule has 0 radical (unpaired) electrons. The molecule has 3 N–H and O–H groups in total. The van der Waals surface area contributed by atoms with Gasteiger partial charge in [-0.05, 0) is 13.8 Å². The van der Waals surface area contributed by atoms with Crippen molar-refractivity contribution in [3.05, 3.63) is 12.7 Å². The van der Waals surface area contributed by atoms with Crippen LogP contribution in [0.25, 0.3) is 0 Å². The number of carboxylic acids is 1. The summed E-state index contributed by atoms with van der Waals surface area (Å²) in [4.78, 5) is 9.25. The van der Waals surface area contributed by atoms with Crippen LogP contribution in [0.4, 0.5) is 0 Å². The van der Waals surface area contributed by atoms with Crippen molar-refractivity contribution in [3.8, 4) is 0 Å². The lowest BCUT2D eigenvalue weighted by molar-refractivity contribution is -0.218. The second-order valence-electron chi connectivity index (χ2n) is 2.93. The van der Waals surface area contributed by atoms with E-state index in [2.05, 4.69) is 6.58 Å². The average molecular weight is 236 g/mol. The van der Waals surface area contributed by atoms with Crippen molar-refractivity contribution in [1.29, 1.82) is 0 Å². The van der Waals surface area contributed by atoms with Crippen LogP contribution in [0.2, 0.25) is 0 Å². The van der Waals surface area contributed by atoms with Crippen molar-refractivity contribution in [3.63, 3.8) is 0 Å². The van der Waals surface area contributed by atoms with Gasteiger partial charge in [0.2, 0.25) is 0 Å². The summed E-state index contributed by atoms with van der Waals surface area (Å²) in [6.07, 6.45) is 0.833. The summed E-state index contributed by atoms with van der Waals surface area (Å²) in [5, 5.41) is 25.3. The normalized spacial score (nSPS) is 13.2. The van der Waals surface area contributed by atoms with Crippen molar-refractivity contribution in [2.75, 3.05) is 26.4 Å². The third kappa shape index (κ3) is 15.5. The molecule has 16 heavy (non-hydrogen) atoms. The van der Waals surface area contributed by atoms with E-state index in [9.17, 15) is 9.90 Å². The Hall–Kier alpha value is -0.950. The monoisotopic (exact) mass is 236 g/mol. The molecule has 0 aliphatic rings. The van der Waals surface area contributed by atoms with Crippen molar-refractivity contribution in [1.82, 2.24) is 0 Å². The number of hydrogen-bond donors (Lipinski definition) is 3. The van der Waals surface area contributed by atoms with Crippen LogP contribution in [0, 0.1) is 0 Å². The van der Waals surface area contributed by atoms with E-state index in [4.69, 9.17) is 19.7 Å². The Morgan fingerprint density at radius 2 is 2.06 bits per heavy atom. The number of aliphatic carboxylic acids is 1. The van der Waals surface area contributed by atoms with Gasteiger partial charge in [0.05, 0.1) is 13.2 Å². The molecule has 0 saturated carbocycles.